The number of aliphatic carboxylic acids is 1. The molecule has 0 unspecified atom stereocenters. The first kappa shape index (κ1) is 18.3. The van der Waals surface area contributed by atoms with E-state index in [1.807, 2.05) is 13.8 Å². The van der Waals surface area contributed by atoms with Crippen molar-refractivity contribution >= 4 is 11.9 Å². The molecule has 1 aliphatic rings. The second-order valence-electron chi connectivity index (χ2n) is 6.23. The van der Waals surface area contributed by atoms with Crippen LogP contribution < -0.4 is 40.0 Å². The summed E-state index contributed by atoms with van der Waals surface area (Å²) >= 11 is 0. The summed E-state index contributed by atoms with van der Waals surface area (Å²) in [6, 6.07) is 3.54. The number of hydrogen-bond acceptors (Lipinski definition) is 4. The fraction of sp³-hybridized carbons (Fsp3) is 0.600. The molecule has 1 aromatic rings. The van der Waals surface area contributed by atoms with Crippen LogP contribution >= 0.6 is 0 Å². The molecule has 110 valence electrons. The Morgan fingerprint density at radius 1 is 1.43 bits per heavy atom. The predicted molar refractivity (Wildman–Crippen MR) is 70.2 cm³/mol. The number of carboxylic acid groups (broad SMARTS) is 1. The minimum Gasteiger partial charge on any atom is -0.550 e. The Hall–Kier alpha value is -0.780. The summed E-state index contributed by atoms with van der Waals surface area (Å²) in [5.74, 6) is -0.864. The first-order valence-corrected chi connectivity index (χ1v) is 6.80. The molecule has 2 atom stereocenters. The van der Waals surface area contributed by atoms with Crippen molar-refractivity contribution in [3.05, 3.63) is 24.2 Å². The summed E-state index contributed by atoms with van der Waals surface area (Å²) in [5.41, 5.74) is -1.61. The van der Waals surface area contributed by atoms with Crippen LogP contribution in [-0.4, -0.2) is 11.9 Å². The first-order valence-electron chi connectivity index (χ1n) is 6.80. The topological polar surface area (TPSA) is 82.4 Å². The van der Waals surface area contributed by atoms with E-state index in [0.717, 1.165) is 0 Å². The van der Waals surface area contributed by atoms with Crippen molar-refractivity contribution in [3.8, 4) is 0 Å². The summed E-state index contributed by atoms with van der Waals surface area (Å²) in [5, 5.41) is 14.2. The molecule has 1 amide bonds. The Labute approximate surface area is 146 Å². The van der Waals surface area contributed by atoms with Crippen LogP contribution in [0.1, 0.15) is 39.4 Å². The molecule has 0 aromatic carbocycles. The monoisotopic (exact) mass is 301 g/mol. The zero-order chi connectivity index (χ0) is 15.0. The van der Waals surface area contributed by atoms with Gasteiger partial charge in [-0.2, -0.15) is 0 Å². The maximum Gasteiger partial charge on any atom is 1.00 e. The molecule has 0 aliphatic heterocycles. The Balaban J connectivity index is 0.00000220. The summed E-state index contributed by atoms with van der Waals surface area (Å²) in [6.45, 7) is 5.64. The third-order valence-corrected chi connectivity index (χ3v) is 5.01. The number of amides is 1. The van der Waals surface area contributed by atoms with E-state index in [4.69, 9.17) is 4.42 Å². The van der Waals surface area contributed by atoms with Crippen molar-refractivity contribution in [3.63, 3.8) is 0 Å². The number of carbonyl (C=O) groups excluding carboxylic acids is 2. The molecular weight excluding hydrogens is 281 g/mol. The van der Waals surface area contributed by atoms with Crippen LogP contribution in [-0.2, 0) is 16.1 Å². The molecule has 21 heavy (non-hydrogen) atoms. The van der Waals surface area contributed by atoms with Gasteiger partial charge in [0.25, 0.3) is 0 Å². The van der Waals surface area contributed by atoms with Gasteiger partial charge in [0, 0.05) is 17.3 Å². The first-order chi connectivity index (χ1) is 9.29. The maximum atomic E-state index is 12.3. The molecule has 1 heterocycles. The van der Waals surface area contributed by atoms with Gasteiger partial charge in [-0.25, -0.2) is 0 Å². The van der Waals surface area contributed by atoms with Crippen LogP contribution in [0.3, 0.4) is 0 Å². The molecular formula is C15H20NNaO4. The maximum absolute atomic E-state index is 12.3. The fourth-order valence-corrected chi connectivity index (χ4v) is 3.04. The van der Waals surface area contributed by atoms with Gasteiger partial charge in [-0.15, -0.1) is 0 Å². The number of carboxylic acids is 1. The molecule has 1 saturated carbocycles. The average molecular weight is 301 g/mol. The molecule has 1 N–H and O–H groups in total. The smallest absolute Gasteiger partial charge is 0.550 e. The van der Waals surface area contributed by atoms with Gasteiger partial charge in [-0.05, 0) is 30.4 Å². The van der Waals surface area contributed by atoms with Gasteiger partial charge in [0.15, 0.2) is 0 Å². The standard InChI is InChI=1S/C15H21NO4.Na/c1-14(2)11(6-7-15(14,3)13(18)19)12(17)16-9-10-5-4-8-20-10;/h4-5,8,11H,6-7,9H2,1-3H3,(H,16,17)(H,18,19);/q;+1/p-1/t11-,15+;/m1./s1. The molecule has 0 spiro atoms. The van der Waals surface area contributed by atoms with Gasteiger partial charge in [0.1, 0.15) is 5.76 Å². The molecule has 0 radical (unpaired) electrons. The second kappa shape index (κ2) is 6.55. The van der Waals surface area contributed by atoms with Gasteiger partial charge < -0.3 is 19.6 Å². The minimum absolute atomic E-state index is 0. The van der Waals surface area contributed by atoms with E-state index in [9.17, 15) is 14.7 Å². The largest absolute Gasteiger partial charge is 1.00 e. The van der Waals surface area contributed by atoms with Crippen LogP contribution in [0.15, 0.2) is 22.8 Å². The normalized spacial score (nSPS) is 26.9. The Bertz CT molecular complexity index is 512. The van der Waals surface area contributed by atoms with Crippen molar-refractivity contribution in [1.82, 2.24) is 5.32 Å². The molecule has 1 aromatic heterocycles. The molecule has 1 fully saturated rings. The summed E-state index contributed by atoms with van der Waals surface area (Å²) < 4.78 is 5.16. The number of hydrogen-bond donors (Lipinski definition) is 1. The zero-order valence-electron chi connectivity index (χ0n) is 13.1. The van der Waals surface area contributed by atoms with Crippen molar-refractivity contribution in [2.45, 2.75) is 40.2 Å². The Kier molecular flexibility index (Phi) is 5.69. The average Bonchev–Trinajstić information content (AvgIpc) is 2.95. The van der Waals surface area contributed by atoms with E-state index in [-0.39, 0.29) is 41.4 Å². The van der Waals surface area contributed by atoms with Crippen molar-refractivity contribution in [1.29, 1.82) is 0 Å². The van der Waals surface area contributed by atoms with Crippen LogP contribution in [0.25, 0.3) is 0 Å². The third-order valence-electron chi connectivity index (χ3n) is 5.01. The molecule has 6 heteroatoms. The summed E-state index contributed by atoms with van der Waals surface area (Å²) in [6.07, 6.45) is 2.57. The number of nitrogens with one attached hydrogen (secondary N) is 1. The van der Waals surface area contributed by atoms with Crippen LogP contribution in [0.5, 0.6) is 0 Å². The van der Waals surface area contributed by atoms with E-state index >= 15 is 0 Å². The van der Waals surface area contributed by atoms with Crippen LogP contribution in [0, 0.1) is 16.7 Å². The van der Waals surface area contributed by atoms with E-state index in [2.05, 4.69) is 5.32 Å². The van der Waals surface area contributed by atoms with E-state index < -0.39 is 16.8 Å². The second-order valence-corrected chi connectivity index (χ2v) is 6.23. The number of furan rings is 1. The van der Waals surface area contributed by atoms with Gasteiger partial charge in [-0.1, -0.05) is 20.8 Å². The van der Waals surface area contributed by atoms with Crippen LogP contribution in [0.4, 0.5) is 0 Å². The van der Waals surface area contributed by atoms with E-state index in [1.54, 1.807) is 25.3 Å². The third kappa shape index (κ3) is 3.20. The Morgan fingerprint density at radius 2 is 2.10 bits per heavy atom. The summed E-state index contributed by atoms with van der Waals surface area (Å²) in [7, 11) is 0. The fourth-order valence-electron chi connectivity index (χ4n) is 3.04. The van der Waals surface area contributed by atoms with Crippen molar-refractivity contribution < 1.29 is 48.7 Å². The Morgan fingerprint density at radius 3 is 2.57 bits per heavy atom. The van der Waals surface area contributed by atoms with Gasteiger partial charge >= 0.3 is 29.6 Å². The van der Waals surface area contributed by atoms with E-state index in [1.165, 1.54) is 0 Å². The van der Waals surface area contributed by atoms with Gasteiger partial charge in [0.2, 0.25) is 5.91 Å². The molecule has 0 saturated heterocycles. The van der Waals surface area contributed by atoms with Gasteiger partial charge in [-0.3, -0.25) is 4.79 Å². The minimum atomic E-state index is -1.08. The number of carbonyl (C=O) groups is 2. The quantitative estimate of drug-likeness (QED) is 0.658. The van der Waals surface area contributed by atoms with Crippen molar-refractivity contribution in [2.24, 2.45) is 16.7 Å². The van der Waals surface area contributed by atoms with Gasteiger partial charge in [0.05, 0.1) is 12.8 Å². The predicted octanol–water partition coefficient (Wildman–Crippen LogP) is -1.91. The van der Waals surface area contributed by atoms with E-state index in [0.29, 0.717) is 25.1 Å². The molecule has 1 aliphatic carbocycles. The molecule has 0 bridgehead atoms. The number of rotatable bonds is 4. The molecule has 2 rings (SSSR count). The van der Waals surface area contributed by atoms with Crippen molar-refractivity contribution in [2.75, 3.05) is 0 Å². The van der Waals surface area contributed by atoms with Crippen LogP contribution in [0.2, 0.25) is 0 Å². The summed E-state index contributed by atoms with van der Waals surface area (Å²) in [4.78, 5) is 23.7. The molecule has 5 nitrogen and oxygen atoms in total. The zero-order valence-corrected chi connectivity index (χ0v) is 15.1. The SMILES string of the molecule is CC1(C)[C@@H](C(=O)NCc2ccco2)CC[C@@]1(C)C(=O)[O-].[Na+].